The van der Waals surface area contributed by atoms with Crippen molar-refractivity contribution in [2.75, 3.05) is 20.2 Å². The second-order valence-corrected chi connectivity index (χ2v) is 9.45. The predicted octanol–water partition coefficient (Wildman–Crippen LogP) is 4.85. The first kappa shape index (κ1) is 23.1. The summed E-state index contributed by atoms with van der Waals surface area (Å²) in [6.07, 6.45) is 2.03. The van der Waals surface area contributed by atoms with E-state index in [0.29, 0.717) is 23.2 Å². The summed E-state index contributed by atoms with van der Waals surface area (Å²) in [6.45, 7) is 5.30. The molecule has 1 N–H and O–H groups in total. The van der Waals surface area contributed by atoms with Crippen molar-refractivity contribution < 1.29 is 9.84 Å². The number of aromatic nitrogens is 2. The number of phenols is 1. The number of hydrogen-bond donors (Lipinski definition) is 1. The van der Waals surface area contributed by atoms with Gasteiger partial charge in [-0.25, -0.2) is 4.98 Å². The molecule has 1 fully saturated rings. The van der Waals surface area contributed by atoms with E-state index in [9.17, 15) is 9.90 Å². The quantitative estimate of drug-likeness (QED) is 0.437. The van der Waals surface area contributed by atoms with Gasteiger partial charge in [-0.15, -0.1) is 0 Å². The van der Waals surface area contributed by atoms with Crippen molar-refractivity contribution in [3.05, 3.63) is 99.6 Å². The Bertz CT molecular complexity index is 1380. The molecule has 1 atom stereocenters. The Morgan fingerprint density at radius 3 is 2.51 bits per heavy atom. The molecular weight excluding hydrogens is 438 g/mol. The van der Waals surface area contributed by atoms with Crippen LogP contribution in [0.5, 0.6) is 11.5 Å². The second-order valence-electron chi connectivity index (χ2n) is 9.45. The minimum atomic E-state index is -0.137. The number of phenolic OH excluding ortho intramolecular Hbond substituents is 1. The summed E-state index contributed by atoms with van der Waals surface area (Å²) in [4.78, 5) is 21.2. The smallest absolute Gasteiger partial charge is 0.261 e. The van der Waals surface area contributed by atoms with Gasteiger partial charge in [-0.1, -0.05) is 60.2 Å². The molecule has 5 rings (SSSR count). The number of piperidine rings is 1. The van der Waals surface area contributed by atoms with Crippen LogP contribution in [0, 0.1) is 6.92 Å². The Morgan fingerprint density at radius 1 is 1.03 bits per heavy atom. The molecule has 0 saturated carbocycles. The normalized spacial score (nSPS) is 16.5. The van der Waals surface area contributed by atoms with E-state index in [1.165, 1.54) is 24.3 Å². The van der Waals surface area contributed by atoms with Gasteiger partial charge in [0, 0.05) is 25.1 Å². The SMILES string of the molecule is COc1cc2nc(C3CCCN(Cc4ccc(C)cc4)C3)n(Cc3ccccc3)c(=O)c2cc1O. The summed E-state index contributed by atoms with van der Waals surface area (Å²) >= 11 is 0. The molecule has 0 amide bonds. The molecule has 1 aliphatic rings. The summed E-state index contributed by atoms with van der Waals surface area (Å²) in [5, 5.41) is 10.7. The van der Waals surface area contributed by atoms with Gasteiger partial charge in [0.2, 0.25) is 0 Å². The zero-order valence-corrected chi connectivity index (χ0v) is 20.3. The lowest BCUT2D eigenvalue weighted by molar-refractivity contribution is 0.194. The fourth-order valence-corrected chi connectivity index (χ4v) is 5.01. The van der Waals surface area contributed by atoms with E-state index in [-0.39, 0.29) is 17.2 Å². The number of rotatable bonds is 6. The van der Waals surface area contributed by atoms with Crippen LogP contribution in [-0.2, 0) is 13.1 Å². The van der Waals surface area contributed by atoms with Crippen LogP contribution in [0.1, 0.15) is 41.3 Å². The Hall–Kier alpha value is -3.64. The second kappa shape index (κ2) is 9.92. The highest BCUT2D eigenvalue weighted by molar-refractivity contribution is 5.81. The van der Waals surface area contributed by atoms with Crippen LogP contribution in [0.3, 0.4) is 0 Å². The number of fused-ring (bicyclic) bond motifs is 1. The monoisotopic (exact) mass is 469 g/mol. The standard InChI is InChI=1S/C29H31N3O3/c1-20-10-12-22(13-11-20)17-31-14-6-9-23(19-31)28-30-25-16-27(35-2)26(33)15-24(25)29(34)32(28)18-21-7-4-3-5-8-21/h3-5,7-8,10-13,15-16,23,33H,6,9,14,17-19H2,1-2H3. The number of methoxy groups -OCH3 is 1. The van der Waals surface area contributed by atoms with Crippen molar-refractivity contribution in [2.24, 2.45) is 0 Å². The summed E-state index contributed by atoms with van der Waals surface area (Å²) in [5.74, 6) is 1.20. The molecule has 1 saturated heterocycles. The molecule has 0 spiro atoms. The van der Waals surface area contributed by atoms with E-state index in [4.69, 9.17) is 9.72 Å². The first-order valence-corrected chi connectivity index (χ1v) is 12.1. The third-order valence-corrected chi connectivity index (χ3v) is 6.87. The van der Waals surface area contributed by atoms with Gasteiger partial charge in [0.05, 0.1) is 24.6 Å². The van der Waals surface area contributed by atoms with Gasteiger partial charge in [-0.2, -0.15) is 0 Å². The third-order valence-electron chi connectivity index (χ3n) is 6.87. The number of aryl methyl sites for hydroxylation is 1. The number of likely N-dealkylation sites (tertiary alicyclic amines) is 1. The van der Waals surface area contributed by atoms with Crippen molar-refractivity contribution in [3.8, 4) is 11.5 Å². The van der Waals surface area contributed by atoms with Crippen LogP contribution in [0.4, 0.5) is 0 Å². The van der Waals surface area contributed by atoms with E-state index in [2.05, 4.69) is 36.1 Å². The Kier molecular flexibility index (Phi) is 6.55. The van der Waals surface area contributed by atoms with Crippen LogP contribution in [0.2, 0.25) is 0 Å². The minimum absolute atomic E-state index is 0.0557. The highest BCUT2D eigenvalue weighted by Crippen LogP contribution is 2.32. The van der Waals surface area contributed by atoms with Crippen LogP contribution < -0.4 is 10.3 Å². The maximum Gasteiger partial charge on any atom is 0.261 e. The molecule has 35 heavy (non-hydrogen) atoms. The van der Waals surface area contributed by atoms with Crippen molar-refractivity contribution in [2.45, 2.75) is 38.8 Å². The highest BCUT2D eigenvalue weighted by Gasteiger charge is 2.27. The molecule has 0 bridgehead atoms. The highest BCUT2D eigenvalue weighted by atomic mass is 16.5. The topological polar surface area (TPSA) is 67.6 Å². The van der Waals surface area contributed by atoms with Gasteiger partial charge in [0.25, 0.3) is 5.56 Å². The van der Waals surface area contributed by atoms with Crippen molar-refractivity contribution in [1.29, 1.82) is 0 Å². The molecular formula is C29H31N3O3. The van der Waals surface area contributed by atoms with Gasteiger partial charge in [0.15, 0.2) is 11.5 Å². The van der Waals surface area contributed by atoms with Crippen LogP contribution >= 0.6 is 0 Å². The molecule has 1 aliphatic heterocycles. The average molecular weight is 470 g/mol. The molecule has 2 heterocycles. The molecule has 6 nitrogen and oxygen atoms in total. The molecule has 3 aromatic carbocycles. The van der Waals surface area contributed by atoms with Gasteiger partial charge < -0.3 is 9.84 Å². The van der Waals surface area contributed by atoms with Gasteiger partial charge in [-0.3, -0.25) is 14.3 Å². The van der Waals surface area contributed by atoms with E-state index in [0.717, 1.165) is 43.9 Å². The van der Waals surface area contributed by atoms with Crippen LogP contribution in [-0.4, -0.2) is 39.8 Å². The van der Waals surface area contributed by atoms with Crippen LogP contribution in [0.25, 0.3) is 10.9 Å². The first-order chi connectivity index (χ1) is 17.0. The lowest BCUT2D eigenvalue weighted by Gasteiger charge is -2.33. The lowest BCUT2D eigenvalue weighted by atomic mass is 9.95. The molecule has 0 aliphatic carbocycles. The van der Waals surface area contributed by atoms with E-state index >= 15 is 0 Å². The van der Waals surface area contributed by atoms with Gasteiger partial charge >= 0.3 is 0 Å². The van der Waals surface area contributed by atoms with Crippen molar-refractivity contribution in [1.82, 2.24) is 14.5 Å². The Balaban J connectivity index is 1.54. The summed E-state index contributed by atoms with van der Waals surface area (Å²) in [5.41, 5.74) is 4.02. The fourth-order valence-electron chi connectivity index (χ4n) is 5.01. The first-order valence-electron chi connectivity index (χ1n) is 12.1. The number of aromatic hydroxyl groups is 1. The molecule has 1 unspecified atom stereocenters. The maximum atomic E-state index is 13.7. The maximum absolute atomic E-state index is 13.7. The van der Waals surface area contributed by atoms with E-state index < -0.39 is 0 Å². The molecule has 180 valence electrons. The number of ether oxygens (including phenoxy) is 1. The zero-order chi connectivity index (χ0) is 24.4. The Morgan fingerprint density at radius 2 is 1.77 bits per heavy atom. The molecule has 1 aromatic heterocycles. The summed E-state index contributed by atoms with van der Waals surface area (Å²) < 4.78 is 7.08. The molecule has 0 radical (unpaired) electrons. The molecule has 4 aromatic rings. The largest absolute Gasteiger partial charge is 0.504 e. The predicted molar refractivity (Wildman–Crippen MR) is 138 cm³/mol. The lowest BCUT2D eigenvalue weighted by Crippen LogP contribution is -2.37. The minimum Gasteiger partial charge on any atom is -0.504 e. The third kappa shape index (κ3) is 4.93. The van der Waals surface area contributed by atoms with E-state index in [1.54, 1.807) is 10.6 Å². The fraction of sp³-hybridized carbons (Fsp3) is 0.310. The molecule has 6 heteroatoms. The summed E-state index contributed by atoms with van der Waals surface area (Å²) in [7, 11) is 1.50. The van der Waals surface area contributed by atoms with Crippen molar-refractivity contribution >= 4 is 10.9 Å². The number of nitrogens with zero attached hydrogens (tertiary/aromatic N) is 3. The Labute approximate surface area is 205 Å². The van der Waals surface area contributed by atoms with Crippen molar-refractivity contribution in [3.63, 3.8) is 0 Å². The van der Waals surface area contributed by atoms with Crippen LogP contribution in [0.15, 0.2) is 71.5 Å². The summed E-state index contributed by atoms with van der Waals surface area (Å²) in [6, 6.07) is 21.8. The average Bonchev–Trinajstić information content (AvgIpc) is 2.88. The number of benzene rings is 3. The van der Waals surface area contributed by atoms with Gasteiger partial charge in [0.1, 0.15) is 5.82 Å². The zero-order valence-electron chi connectivity index (χ0n) is 20.3. The van der Waals surface area contributed by atoms with E-state index in [1.807, 2.05) is 30.3 Å². The number of hydrogen-bond acceptors (Lipinski definition) is 5. The van der Waals surface area contributed by atoms with Gasteiger partial charge in [-0.05, 0) is 43.5 Å².